The van der Waals surface area contributed by atoms with E-state index in [9.17, 15) is 22.8 Å². The molecule has 0 aliphatic carbocycles. The lowest BCUT2D eigenvalue weighted by molar-refractivity contribution is -0.138. The Morgan fingerprint density at radius 1 is 1.10 bits per heavy atom. The Morgan fingerprint density at radius 2 is 1.83 bits per heavy atom. The number of amides is 1. The number of ether oxygens (including phenoxy) is 1. The SMILES string of the molecule is CCOc1c(-c2ccc(C(F)(F)F)cc2Cl)ccc2c1cnn2C(CC(C)C)c1ccc(C(=O)NCCC(=O)O)nc1. The second kappa shape index (κ2) is 12.8. The van der Waals surface area contributed by atoms with Gasteiger partial charge < -0.3 is 15.2 Å². The number of carboxylic acids is 1. The summed E-state index contributed by atoms with van der Waals surface area (Å²) in [4.78, 5) is 27.4. The number of carbonyl (C=O) groups excluding carboxylic acids is 1. The summed E-state index contributed by atoms with van der Waals surface area (Å²) in [6.45, 7) is 6.27. The normalized spacial score (nSPS) is 12.5. The van der Waals surface area contributed by atoms with Crippen LogP contribution in [0.3, 0.4) is 0 Å². The van der Waals surface area contributed by atoms with Crippen molar-refractivity contribution in [2.45, 2.75) is 45.8 Å². The second-order valence-electron chi connectivity index (χ2n) is 10.1. The van der Waals surface area contributed by atoms with E-state index in [1.165, 1.54) is 6.07 Å². The van der Waals surface area contributed by atoms with Gasteiger partial charge in [0.15, 0.2) is 0 Å². The summed E-state index contributed by atoms with van der Waals surface area (Å²) in [5, 5.41) is 16.6. The smallest absolute Gasteiger partial charge is 0.416 e. The number of pyridine rings is 1. The number of rotatable bonds is 11. The maximum Gasteiger partial charge on any atom is 0.416 e. The molecule has 1 amide bonds. The van der Waals surface area contributed by atoms with E-state index in [4.69, 9.17) is 21.4 Å². The number of carboxylic acid groups (broad SMARTS) is 1. The third-order valence-electron chi connectivity index (χ3n) is 6.62. The Kier molecular flexibility index (Phi) is 9.40. The molecule has 0 bridgehead atoms. The topological polar surface area (TPSA) is 106 Å². The van der Waals surface area contributed by atoms with E-state index in [0.717, 1.165) is 23.2 Å². The van der Waals surface area contributed by atoms with Gasteiger partial charge in [0.1, 0.15) is 11.4 Å². The van der Waals surface area contributed by atoms with Gasteiger partial charge in [0.05, 0.1) is 41.7 Å². The van der Waals surface area contributed by atoms with Crippen LogP contribution in [0, 0.1) is 5.92 Å². The van der Waals surface area contributed by atoms with Gasteiger partial charge in [-0.15, -0.1) is 0 Å². The first-order valence-electron chi connectivity index (χ1n) is 13.4. The molecule has 0 spiro atoms. The van der Waals surface area contributed by atoms with Crippen molar-refractivity contribution in [3.05, 3.63) is 76.7 Å². The van der Waals surface area contributed by atoms with E-state index in [1.807, 2.05) is 17.7 Å². The fourth-order valence-corrected chi connectivity index (χ4v) is 4.98. The summed E-state index contributed by atoms with van der Waals surface area (Å²) in [6, 6.07) is 9.95. The molecule has 0 aliphatic heterocycles. The van der Waals surface area contributed by atoms with Crippen molar-refractivity contribution in [3.8, 4) is 16.9 Å². The van der Waals surface area contributed by atoms with E-state index in [1.54, 1.807) is 30.6 Å². The fourth-order valence-electron chi connectivity index (χ4n) is 4.70. The number of hydrogen-bond acceptors (Lipinski definition) is 5. The van der Waals surface area contributed by atoms with Crippen LogP contribution in [0.2, 0.25) is 5.02 Å². The summed E-state index contributed by atoms with van der Waals surface area (Å²) in [5.41, 5.74) is 1.83. The van der Waals surface area contributed by atoms with E-state index in [-0.39, 0.29) is 35.6 Å². The molecule has 0 saturated carbocycles. The van der Waals surface area contributed by atoms with Crippen molar-refractivity contribution in [3.63, 3.8) is 0 Å². The standard InChI is InChI=1S/C30H30ClF3N4O4/c1-4-42-28-21(20-7-6-19(14-23(20)31)30(32,33)34)8-10-25-22(28)16-37-38(25)26(13-17(2)3)18-5-9-24(36-15-18)29(41)35-12-11-27(39)40/h5-10,14-17,26H,4,11-13H2,1-3H3,(H,35,41)(H,39,40). The highest BCUT2D eigenvalue weighted by molar-refractivity contribution is 6.33. The van der Waals surface area contributed by atoms with Crippen LogP contribution >= 0.6 is 11.6 Å². The molecule has 2 heterocycles. The summed E-state index contributed by atoms with van der Waals surface area (Å²) in [7, 11) is 0. The Hall–Kier alpha value is -4.12. The van der Waals surface area contributed by atoms with Gasteiger partial charge in [-0.3, -0.25) is 19.3 Å². The van der Waals surface area contributed by atoms with Gasteiger partial charge >= 0.3 is 12.1 Å². The molecular formula is C30H30ClF3N4O4. The lowest BCUT2D eigenvalue weighted by atomic mass is 9.97. The van der Waals surface area contributed by atoms with Gasteiger partial charge in [-0.25, -0.2) is 0 Å². The molecule has 42 heavy (non-hydrogen) atoms. The highest BCUT2D eigenvalue weighted by Crippen LogP contribution is 2.43. The largest absolute Gasteiger partial charge is 0.492 e. The maximum atomic E-state index is 13.2. The molecular weight excluding hydrogens is 573 g/mol. The zero-order valence-corrected chi connectivity index (χ0v) is 24.0. The minimum atomic E-state index is -4.52. The number of fused-ring (bicyclic) bond motifs is 1. The number of alkyl halides is 3. The van der Waals surface area contributed by atoms with E-state index in [2.05, 4.69) is 29.2 Å². The van der Waals surface area contributed by atoms with Crippen LogP contribution in [0.25, 0.3) is 22.0 Å². The van der Waals surface area contributed by atoms with Gasteiger partial charge in [-0.05, 0) is 55.2 Å². The first kappa shape index (κ1) is 30.8. The number of nitrogens with one attached hydrogen (secondary N) is 1. The van der Waals surface area contributed by atoms with Crippen LogP contribution in [-0.4, -0.2) is 44.9 Å². The lowest BCUT2D eigenvalue weighted by Crippen LogP contribution is -2.27. The number of carbonyl (C=O) groups is 2. The molecule has 4 rings (SSSR count). The third-order valence-corrected chi connectivity index (χ3v) is 6.94. The minimum absolute atomic E-state index is 0.00527. The van der Waals surface area contributed by atoms with Crippen LogP contribution in [0.1, 0.15) is 61.3 Å². The molecule has 2 N–H and O–H groups in total. The molecule has 1 atom stereocenters. The molecule has 1 unspecified atom stereocenters. The number of nitrogens with zero attached hydrogens (tertiary/aromatic N) is 3. The van der Waals surface area contributed by atoms with Gasteiger partial charge in [-0.1, -0.05) is 37.6 Å². The van der Waals surface area contributed by atoms with Gasteiger partial charge in [0.2, 0.25) is 0 Å². The van der Waals surface area contributed by atoms with Crippen molar-refractivity contribution in [1.82, 2.24) is 20.1 Å². The van der Waals surface area contributed by atoms with Crippen molar-refractivity contribution in [1.29, 1.82) is 0 Å². The summed E-state index contributed by atoms with van der Waals surface area (Å²) >= 11 is 6.33. The summed E-state index contributed by atoms with van der Waals surface area (Å²) in [5.74, 6) is -0.755. The molecule has 0 radical (unpaired) electrons. The molecule has 0 fully saturated rings. The van der Waals surface area contributed by atoms with Crippen LogP contribution in [0.15, 0.2) is 54.9 Å². The Morgan fingerprint density at radius 3 is 2.43 bits per heavy atom. The molecule has 2 aromatic heterocycles. The Bertz CT molecular complexity index is 1590. The first-order valence-corrected chi connectivity index (χ1v) is 13.7. The Balaban J connectivity index is 1.73. The molecule has 12 heteroatoms. The number of aliphatic carboxylic acids is 1. The number of benzene rings is 2. The first-order chi connectivity index (χ1) is 19.9. The molecule has 222 valence electrons. The molecule has 0 aliphatic rings. The van der Waals surface area contributed by atoms with Crippen LogP contribution < -0.4 is 10.1 Å². The molecule has 4 aromatic rings. The fraction of sp³-hybridized carbons (Fsp3) is 0.333. The van der Waals surface area contributed by atoms with Crippen molar-refractivity contribution in [2.24, 2.45) is 5.92 Å². The van der Waals surface area contributed by atoms with Gasteiger partial charge in [0.25, 0.3) is 5.91 Å². The van der Waals surface area contributed by atoms with Crippen LogP contribution in [0.4, 0.5) is 13.2 Å². The summed E-state index contributed by atoms with van der Waals surface area (Å²) in [6.07, 6.45) is -0.750. The van der Waals surface area contributed by atoms with Crippen molar-refractivity contribution in [2.75, 3.05) is 13.2 Å². The zero-order valence-electron chi connectivity index (χ0n) is 23.2. The van der Waals surface area contributed by atoms with Crippen molar-refractivity contribution < 1.29 is 32.6 Å². The number of halogens is 4. The zero-order chi connectivity index (χ0) is 30.6. The van der Waals surface area contributed by atoms with E-state index < -0.39 is 23.6 Å². The molecule has 2 aromatic carbocycles. The minimum Gasteiger partial charge on any atom is -0.492 e. The van der Waals surface area contributed by atoms with E-state index >= 15 is 0 Å². The maximum absolute atomic E-state index is 13.2. The average Bonchev–Trinajstić information content (AvgIpc) is 3.36. The monoisotopic (exact) mass is 602 g/mol. The van der Waals surface area contributed by atoms with Crippen molar-refractivity contribution >= 4 is 34.4 Å². The van der Waals surface area contributed by atoms with Gasteiger partial charge in [0, 0.05) is 28.9 Å². The molecule has 8 nitrogen and oxygen atoms in total. The second-order valence-corrected chi connectivity index (χ2v) is 10.5. The average molecular weight is 603 g/mol. The summed E-state index contributed by atoms with van der Waals surface area (Å²) < 4.78 is 47.5. The molecule has 0 saturated heterocycles. The van der Waals surface area contributed by atoms with Crippen LogP contribution in [-0.2, 0) is 11.0 Å². The third kappa shape index (κ3) is 6.84. The predicted molar refractivity (Wildman–Crippen MR) is 153 cm³/mol. The predicted octanol–water partition coefficient (Wildman–Crippen LogP) is 7.01. The van der Waals surface area contributed by atoms with E-state index in [0.29, 0.717) is 35.3 Å². The van der Waals surface area contributed by atoms with Crippen LogP contribution in [0.5, 0.6) is 5.75 Å². The Labute approximate surface area is 245 Å². The highest BCUT2D eigenvalue weighted by atomic mass is 35.5. The van der Waals surface area contributed by atoms with Gasteiger partial charge in [-0.2, -0.15) is 18.3 Å². The lowest BCUT2D eigenvalue weighted by Gasteiger charge is -2.22. The number of hydrogen-bond donors (Lipinski definition) is 2. The highest BCUT2D eigenvalue weighted by Gasteiger charge is 2.31. The number of aromatic nitrogens is 3. The quantitative estimate of drug-likeness (QED) is 0.191.